The summed E-state index contributed by atoms with van der Waals surface area (Å²) in [7, 11) is 1.75. The Kier molecular flexibility index (Phi) is 7.67. The second kappa shape index (κ2) is 10.9. The fourth-order valence-electron chi connectivity index (χ4n) is 6.84. The normalized spacial score (nSPS) is 25.7. The highest BCUT2D eigenvalue weighted by atomic mass is 35.5. The third kappa shape index (κ3) is 5.20. The monoisotopic (exact) mass is 615 g/mol. The lowest BCUT2D eigenvalue weighted by atomic mass is 9.71. The standard InChI is InChI=1S/C32H36Cl3N3O3/c1-31(11-12-31)30(41)38-13-9-20(10-14-38)28(39)32(18-36-17-24(32)21-5-8-26(34)27(35)16-21)37(2)29(40)22-6-7-25(33)23(15-22)19-3-4-19/h5-8,15-16,19-20,24,36H,3-4,9-14,17-18H2,1-2H3/t24-,32+/m1/s1. The zero-order valence-corrected chi connectivity index (χ0v) is 25.8. The van der Waals surface area contributed by atoms with Crippen molar-refractivity contribution in [3.8, 4) is 0 Å². The van der Waals surface area contributed by atoms with E-state index in [4.69, 9.17) is 34.8 Å². The summed E-state index contributed by atoms with van der Waals surface area (Å²) in [6.07, 6.45) is 5.19. The Morgan fingerprint density at radius 1 is 0.927 bits per heavy atom. The van der Waals surface area contributed by atoms with Gasteiger partial charge in [-0.3, -0.25) is 14.4 Å². The SMILES string of the molecule is CN(C(=O)c1ccc(Cl)c(C2CC2)c1)[C@@]1(C(=O)C2CCN(C(=O)C3(C)CC3)CC2)CNC[C@@H]1c1ccc(Cl)c(Cl)c1. The Morgan fingerprint density at radius 3 is 2.24 bits per heavy atom. The number of rotatable bonds is 7. The van der Waals surface area contributed by atoms with Crippen molar-refractivity contribution in [1.82, 2.24) is 15.1 Å². The average Bonchev–Trinajstić information content (AvgIpc) is 3.91. The van der Waals surface area contributed by atoms with E-state index in [1.165, 1.54) is 0 Å². The second-order valence-electron chi connectivity index (χ2n) is 12.6. The van der Waals surface area contributed by atoms with Crippen LogP contribution in [0.25, 0.3) is 0 Å². The number of piperidine rings is 1. The number of nitrogens with zero attached hydrogens (tertiary/aromatic N) is 2. The zero-order chi connectivity index (χ0) is 29.1. The van der Waals surface area contributed by atoms with Crippen molar-refractivity contribution in [3.05, 3.63) is 68.2 Å². The molecule has 2 saturated carbocycles. The van der Waals surface area contributed by atoms with Gasteiger partial charge in [-0.15, -0.1) is 0 Å². The largest absolute Gasteiger partial charge is 0.342 e. The lowest BCUT2D eigenvalue weighted by molar-refractivity contribution is -0.142. The van der Waals surface area contributed by atoms with Gasteiger partial charge in [-0.1, -0.05) is 47.8 Å². The van der Waals surface area contributed by atoms with E-state index in [9.17, 15) is 14.4 Å². The third-order valence-electron chi connectivity index (χ3n) is 9.92. The molecule has 0 spiro atoms. The van der Waals surface area contributed by atoms with Gasteiger partial charge in [-0.25, -0.2) is 0 Å². The van der Waals surface area contributed by atoms with E-state index < -0.39 is 5.54 Å². The van der Waals surface area contributed by atoms with Crippen molar-refractivity contribution < 1.29 is 14.4 Å². The molecule has 218 valence electrons. The van der Waals surface area contributed by atoms with E-state index in [0.717, 1.165) is 36.8 Å². The maximum Gasteiger partial charge on any atom is 0.254 e. The molecule has 2 amide bonds. The third-order valence-corrected chi connectivity index (χ3v) is 11.0. The highest BCUT2D eigenvalue weighted by Gasteiger charge is 2.56. The van der Waals surface area contributed by atoms with Crippen LogP contribution in [-0.2, 0) is 9.59 Å². The molecule has 2 aliphatic carbocycles. The average molecular weight is 617 g/mol. The van der Waals surface area contributed by atoms with Gasteiger partial charge in [0.15, 0.2) is 5.78 Å². The number of halogens is 3. The number of Topliss-reactive ketones (excluding diaryl/α,β-unsaturated/α-hetero) is 1. The zero-order valence-electron chi connectivity index (χ0n) is 23.5. The van der Waals surface area contributed by atoms with Crippen molar-refractivity contribution in [2.45, 2.75) is 62.8 Å². The minimum atomic E-state index is -1.13. The predicted octanol–water partition coefficient (Wildman–Crippen LogP) is 6.33. The van der Waals surface area contributed by atoms with E-state index in [1.807, 2.05) is 30.0 Å². The molecule has 0 aromatic heterocycles. The minimum Gasteiger partial charge on any atom is -0.342 e. The number of nitrogens with one attached hydrogen (secondary N) is 1. The summed E-state index contributed by atoms with van der Waals surface area (Å²) in [4.78, 5) is 45.5. The summed E-state index contributed by atoms with van der Waals surface area (Å²) in [5, 5.41) is 4.96. The van der Waals surface area contributed by atoms with Crippen molar-refractivity contribution in [2.24, 2.45) is 11.3 Å². The first-order valence-electron chi connectivity index (χ1n) is 14.6. The first kappa shape index (κ1) is 29.0. The van der Waals surface area contributed by atoms with Gasteiger partial charge in [0.05, 0.1) is 10.0 Å². The Balaban J connectivity index is 1.33. The number of hydrogen-bond donors (Lipinski definition) is 1. The molecule has 2 aliphatic heterocycles. The highest BCUT2D eigenvalue weighted by molar-refractivity contribution is 6.42. The van der Waals surface area contributed by atoms with Gasteiger partial charge < -0.3 is 15.1 Å². The number of likely N-dealkylation sites (N-methyl/N-ethyl adjacent to an activating group) is 1. The molecule has 41 heavy (non-hydrogen) atoms. The molecule has 2 heterocycles. The number of ketones is 1. The smallest absolute Gasteiger partial charge is 0.254 e. The van der Waals surface area contributed by atoms with Crippen molar-refractivity contribution in [1.29, 1.82) is 0 Å². The first-order valence-corrected chi connectivity index (χ1v) is 15.8. The van der Waals surface area contributed by atoms with Crippen LogP contribution in [0.4, 0.5) is 0 Å². The van der Waals surface area contributed by atoms with Crippen LogP contribution in [0.5, 0.6) is 0 Å². The summed E-state index contributed by atoms with van der Waals surface area (Å²) < 4.78 is 0. The van der Waals surface area contributed by atoms with E-state index in [0.29, 0.717) is 65.6 Å². The van der Waals surface area contributed by atoms with Gasteiger partial charge in [-0.2, -0.15) is 0 Å². The highest BCUT2D eigenvalue weighted by Crippen LogP contribution is 2.48. The van der Waals surface area contributed by atoms with Crippen LogP contribution in [-0.4, -0.2) is 66.2 Å². The molecule has 2 aromatic carbocycles. The molecule has 0 bridgehead atoms. The number of benzene rings is 2. The van der Waals surface area contributed by atoms with Crippen LogP contribution in [0.1, 0.15) is 78.8 Å². The van der Waals surface area contributed by atoms with Crippen LogP contribution in [0.15, 0.2) is 36.4 Å². The van der Waals surface area contributed by atoms with Crippen LogP contribution >= 0.6 is 34.8 Å². The van der Waals surface area contributed by atoms with Gasteiger partial charge in [0, 0.05) is 61.1 Å². The molecular formula is C32H36Cl3N3O3. The molecule has 9 heteroatoms. The molecular weight excluding hydrogens is 581 g/mol. The van der Waals surface area contributed by atoms with Gasteiger partial charge in [0.1, 0.15) is 5.54 Å². The predicted molar refractivity (Wildman–Crippen MR) is 162 cm³/mol. The van der Waals surface area contributed by atoms with E-state index >= 15 is 0 Å². The van der Waals surface area contributed by atoms with E-state index in [2.05, 4.69) is 5.32 Å². The Hall–Kier alpha value is -2.12. The van der Waals surface area contributed by atoms with Gasteiger partial charge >= 0.3 is 0 Å². The molecule has 2 atom stereocenters. The second-order valence-corrected chi connectivity index (χ2v) is 13.9. The first-order chi connectivity index (χ1) is 19.5. The van der Waals surface area contributed by atoms with Crippen LogP contribution < -0.4 is 5.32 Å². The summed E-state index contributed by atoms with van der Waals surface area (Å²) >= 11 is 19.2. The quantitative estimate of drug-likeness (QED) is 0.395. The lowest BCUT2D eigenvalue weighted by Crippen LogP contribution is -2.62. The van der Waals surface area contributed by atoms with E-state index in [1.54, 1.807) is 30.1 Å². The van der Waals surface area contributed by atoms with Crippen LogP contribution in [0, 0.1) is 11.3 Å². The molecule has 2 aromatic rings. The number of likely N-dealkylation sites (tertiary alicyclic amines) is 1. The van der Waals surface area contributed by atoms with E-state index in [-0.39, 0.29) is 34.8 Å². The van der Waals surface area contributed by atoms with Crippen LogP contribution in [0.2, 0.25) is 15.1 Å². The molecule has 0 radical (unpaired) electrons. The molecule has 6 nitrogen and oxygen atoms in total. The molecule has 6 rings (SSSR count). The number of hydrogen-bond acceptors (Lipinski definition) is 4. The number of amides is 2. The fourth-order valence-corrected chi connectivity index (χ4v) is 7.42. The number of carbonyl (C=O) groups excluding carboxylic acids is 3. The summed E-state index contributed by atoms with van der Waals surface area (Å²) in [6, 6.07) is 10.9. The van der Waals surface area contributed by atoms with Gasteiger partial charge in [-0.05, 0) is 85.9 Å². The summed E-state index contributed by atoms with van der Waals surface area (Å²) in [6.45, 7) is 4.00. The fraction of sp³-hybridized carbons (Fsp3) is 0.531. The maximum absolute atomic E-state index is 14.7. The van der Waals surface area contributed by atoms with Gasteiger partial charge in [0.2, 0.25) is 5.91 Å². The van der Waals surface area contributed by atoms with Crippen molar-refractivity contribution in [2.75, 3.05) is 33.2 Å². The Morgan fingerprint density at radius 2 is 1.61 bits per heavy atom. The maximum atomic E-state index is 14.7. The van der Waals surface area contributed by atoms with Crippen molar-refractivity contribution >= 4 is 52.4 Å². The molecule has 0 unspecified atom stereocenters. The van der Waals surface area contributed by atoms with Crippen LogP contribution in [0.3, 0.4) is 0 Å². The van der Waals surface area contributed by atoms with Crippen molar-refractivity contribution in [3.63, 3.8) is 0 Å². The molecule has 4 fully saturated rings. The van der Waals surface area contributed by atoms with Gasteiger partial charge in [0.25, 0.3) is 5.91 Å². The molecule has 4 aliphatic rings. The Labute approximate surface area is 256 Å². The number of carbonyl (C=O) groups is 3. The minimum absolute atomic E-state index is 0.0375. The Bertz CT molecular complexity index is 1400. The topological polar surface area (TPSA) is 69.7 Å². The molecule has 1 N–H and O–H groups in total. The summed E-state index contributed by atoms with van der Waals surface area (Å²) in [5.41, 5.74) is 1.03. The summed E-state index contributed by atoms with van der Waals surface area (Å²) in [5.74, 6) is -0.164. The lowest BCUT2D eigenvalue weighted by Gasteiger charge is -2.45. The molecule has 2 saturated heterocycles.